The topological polar surface area (TPSA) is 104 Å². The molecule has 7 nitrogen and oxygen atoms in total. The van der Waals surface area contributed by atoms with Crippen molar-refractivity contribution in [2.24, 2.45) is 0 Å². The minimum atomic E-state index is -0.446. The monoisotopic (exact) mass is 317 g/mol. The molecular formula is C13H23N3O4S. The van der Waals surface area contributed by atoms with Crippen molar-refractivity contribution in [1.29, 1.82) is 0 Å². The predicted octanol–water partition coefficient (Wildman–Crippen LogP) is -0.544. The summed E-state index contributed by atoms with van der Waals surface area (Å²) in [5.74, 6) is -0.546. The van der Waals surface area contributed by atoms with E-state index in [2.05, 4.69) is 16.0 Å². The SMILES string of the molecule is CC(=O)CNC(=O)CNC(=O)CNC(=O)CCSC(C)C. The molecule has 0 spiro atoms. The molecule has 0 fully saturated rings. The third-order valence-electron chi connectivity index (χ3n) is 2.21. The molecule has 0 unspecified atom stereocenters. The number of hydrogen-bond acceptors (Lipinski definition) is 5. The average molecular weight is 317 g/mol. The summed E-state index contributed by atoms with van der Waals surface area (Å²) in [5.41, 5.74) is 0. The zero-order valence-electron chi connectivity index (χ0n) is 12.7. The highest BCUT2D eigenvalue weighted by Gasteiger charge is 2.08. The summed E-state index contributed by atoms with van der Waals surface area (Å²) < 4.78 is 0. The van der Waals surface area contributed by atoms with Crippen LogP contribution in [0.5, 0.6) is 0 Å². The Labute approximate surface area is 129 Å². The molecule has 0 radical (unpaired) electrons. The Bertz CT molecular complexity index is 386. The predicted molar refractivity (Wildman–Crippen MR) is 81.9 cm³/mol. The zero-order valence-corrected chi connectivity index (χ0v) is 13.5. The Morgan fingerprint density at radius 1 is 0.857 bits per heavy atom. The maximum atomic E-state index is 11.4. The van der Waals surface area contributed by atoms with Crippen LogP contribution in [0.2, 0.25) is 0 Å². The van der Waals surface area contributed by atoms with Crippen LogP contribution in [0.15, 0.2) is 0 Å². The maximum absolute atomic E-state index is 11.4. The quantitative estimate of drug-likeness (QED) is 0.502. The largest absolute Gasteiger partial charge is 0.348 e. The number of carbonyl (C=O) groups excluding carboxylic acids is 4. The van der Waals surface area contributed by atoms with Crippen molar-refractivity contribution < 1.29 is 19.2 Å². The van der Waals surface area contributed by atoms with Crippen molar-refractivity contribution in [1.82, 2.24) is 16.0 Å². The molecule has 120 valence electrons. The molecule has 0 rings (SSSR count). The molecule has 0 aliphatic rings. The summed E-state index contributed by atoms with van der Waals surface area (Å²) in [7, 11) is 0. The number of hydrogen-bond donors (Lipinski definition) is 3. The molecule has 0 aromatic heterocycles. The molecule has 0 heterocycles. The van der Waals surface area contributed by atoms with Gasteiger partial charge in [0, 0.05) is 12.2 Å². The van der Waals surface area contributed by atoms with Gasteiger partial charge in [-0.1, -0.05) is 13.8 Å². The van der Waals surface area contributed by atoms with E-state index in [1.807, 2.05) is 13.8 Å². The van der Waals surface area contributed by atoms with Gasteiger partial charge in [0.15, 0.2) is 0 Å². The Hall–Kier alpha value is -1.57. The summed E-state index contributed by atoms with van der Waals surface area (Å²) in [6.45, 7) is 5.02. The third-order valence-corrected chi connectivity index (χ3v) is 3.31. The lowest BCUT2D eigenvalue weighted by atomic mass is 10.4. The van der Waals surface area contributed by atoms with Crippen LogP contribution >= 0.6 is 11.8 Å². The first-order valence-electron chi connectivity index (χ1n) is 6.72. The minimum absolute atomic E-state index is 0.0566. The molecule has 3 N–H and O–H groups in total. The molecular weight excluding hydrogens is 294 g/mol. The highest BCUT2D eigenvalue weighted by atomic mass is 32.2. The molecule has 8 heteroatoms. The van der Waals surface area contributed by atoms with Gasteiger partial charge < -0.3 is 16.0 Å². The zero-order chi connectivity index (χ0) is 16.3. The maximum Gasteiger partial charge on any atom is 0.239 e. The molecule has 0 aliphatic heterocycles. The van der Waals surface area contributed by atoms with Crippen molar-refractivity contribution in [3.63, 3.8) is 0 Å². The standard InChI is InChI=1S/C13H23N3O4S/c1-9(2)21-5-4-11(18)15-7-13(20)16-8-12(19)14-6-10(3)17/h9H,4-8H2,1-3H3,(H,14,19)(H,15,18)(H,16,20). The number of Topliss-reactive ketones (excluding diaryl/α,β-unsaturated/α-hetero) is 1. The number of nitrogens with one attached hydrogen (secondary N) is 3. The summed E-state index contributed by atoms with van der Waals surface area (Å²) in [5, 5.41) is 7.65. The van der Waals surface area contributed by atoms with Gasteiger partial charge in [0.25, 0.3) is 0 Å². The summed E-state index contributed by atoms with van der Waals surface area (Å²) in [6.07, 6.45) is 0.356. The van der Waals surface area contributed by atoms with Gasteiger partial charge >= 0.3 is 0 Å². The molecule has 0 atom stereocenters. The number of carbonyl (C=O) groups is 4. The fraction of sp³-hybridized carbons (Fsp3) is 0.692. The van der Waals surface area contributed by atoms with E-state index >= 15 is 0 Å². The first-order chi connectivity index (χ1) is 9.81. The van der Waals surface area contributed by atoms with E-state index in [1.54, 1.807) is 11.8 Å². The highest BCUT2D eigenvalue weighted by Crippen LogP contribution is 2.09. The lowest BCUT2D eigenvalue weighted by molar-refractivity contribution is -0.128. The molecule has 0 aromatic rings. The van der Waals surface area contributed by atoms with Gasteiger partial charge in [0.2, 0.25) is 17.7 Å². The Kier molecular flexibility index (Phi) is 10.3. The Morgan fingerprint density at radius 2 is 1.33 bits per heavy atom. The lowest BCUT2D eigenvalue weighted by Gasteiger charge is -2.08. The second-order valence-corrected chi connectivity index (χ2v) is 6.39. The number of thioether (sulfide) groups is 1. The van der Waals surface area contributed by atoms with Crippen molar-refractivity contribution in [2.45, 2.75) is 32.4 Å². The van der Waals surface area contributed by atoms with Crippen molar-refractivity contribution >= 4 is 35.3 Å². The molecule has 0 saturated carbocycles. The van der Waals surface area contributed by atoms with Crippen LogP contribution in [0.4, 0.5) is 0 Å². The van der Waals surface area contributed by atoms with E-state index < -0.39 is 11.8 Å². The fourth-order valence-electron chi connectivity index (χ4n) is 1.18. The van der Waals surface area contributed by atoms with E-state index in [4.69, 9.17) is 0 Å². The fourth-order valence-corrected chi connectivity index (χ4v) is 1.96. The number of rotatable bonds is 10. The van der Waals surface area contributed by atoms with Gasteiger partial charge in [-0.05, 0) is 12.2 Å². The molecule has 0 aliphatic carbocycles. The number of ketones is 1. The van der Waals surface area contributed by atoms with Crippen molar-refractivity contribution in [3.05, 3.63) is 0 Å². The van der Waals surface area contributed by atoms with E-state index in [-0.39, 0.29) is 31.3 Å². The van der Waals surface area contributed by atoms with Gasteiger partial charge in [0.05, 0.1) is 19.6 Å². The first-order valence-corrected chi connectivity index (χ1v) is 7.77. The highest BCUT2D eigenvalue weighted by molar-refractivity contribution is 7.99. The van der Waals surface area contributed by atoms with Gasteiger partial charge in [-0.15, -0.1) is 0 Å². The van der Waals surface area contributed by atoms with Crippen LogP contribution < -0.4 is 16.0 Å². The van der Waals surface area contributed by atoms with Crippen LogP contribution in [0.3, 0.4) is 0 Å². The molecule has 0 saturated heterocycles. The van der Waals surface area contributed by atoms with Gasteiger partial charge in [-0.25, -0.2) is 0 Å². The summed E-state index contributed by atoms with van der Waals surface area (Å²) in [4.78, 5) is 44.7. The van der Waals surface area contributed by atoms with Crippen molar-refractivity contribution in [3.8, 4) is 0 Å². The van der Waals surface area contributed by atoms with E-state index in [1.165, 1.54) is 6.92 Å². The summed E-state index contributed by atoms with van der Waals surface area (Å²) in [6, 6.07) is 0. The van der Waals surface area contributed by atoms with E-state index in [0.717, 1.165) is 0 Å². The van der Waals surface area contributed by atoms with Gasteiger partial charge in [-0.3, -0.25) is 19.2 Å². The third kappa shape index (κ3) is 13.2. The van der Waals surface area contributed by atoms with Crippen LogP contribution in [-0.2, 0) is 19.2 Å². The molecule has 21 heavy (non-hydrogen) atoms. The second-order valence-electron chi connectivity index (χ2n) is 4.70. The van der Waals surface area contributed by atoms with E-state index in [9.17, 15) is 19.2 Å². The van der Waals surface area contributed by atoms with E-state index in [0.29, 0.717) is 17.4 Å². The van der Waals surface area contributed by atoms with Crippen LogP contribution in [0.1, 0.15) is 27.2 Å². The smallest absolute Gasteiger partial charge is 0.239 e. The second kappa shape index (κ2) is 11.1. The van der Waals surface area contributed by atoms with Crippen LogP contribution in [0.25, 0.3) is 0 Å². The summed E-state index contributed by atoms with van der Waals surface area (Å²) >= 11 is 1.67. The Balaban J connectivity index is 3.68. The van der Waals surface area contributed by atoms with Crippen molar-refractivity contribution in [2.75, 3.05) is 25.4 Å². The Morgan fingerprint density at radius 3 is 1.81 bits per heavy atom. The first kappa shape index (κ1) is 19.4. The van der Waals surface area contributed by atoms with Crippen LogP contribution in [0, 0.1) is 0 Å². The lowest BCUT2D eigenvalue weighted by Crippen LogP contribution is -2.42. The minimum Gasteiger partial charge on any atom is -0.348 e. The average Bonchev–Trinajstić information content (AvgIpc) is 2.40. The number of amides is 3. The molecule has 0 aromatic carbocycles. The molecule has 0 bridgehead atoms. The molecule has 3 amide bonds. The van der Waals surface area contributed by atoms with Gasteiger partial charge in [0.1, 0.15) is 5.78 Å². The van der Waals surface area contributed by atoms with Gasteiger partial charge in [-0.2, -0.15) is 11.8 Å². The normalized spacial score (nSPS) is 10.1. The van der Waals surface area contributed by atoms with Crippen LogP contribution in [-0.4, -0.2) is 54.1 Å².